The van der Waals surface area contributed by atoms with E-state index in [0.29, 0.717) is 6.54 Å². The van der Waals surface area contributed by atoms with Crippen LogP contribution in [0, 0.1) is 0 Å². The zero-order chi connectivity index (χ0) is 10.0. The lowest BCUT2D eigenvalue weighted by Crippen LogP contribution is -2.33. The zero-order valence-electron chi connectivity index (χ0n) is 7.94. The van der Waals surface area contributed by atoms with Crippen LogP contribution in [0.15, 0.2) is 12.7 Å². The first-order chi connectivity index (χ1) is 6.68. The molecule has 2 heterocycles. The highest BCUT2D eigenvalue weighted by Gasteiger charge is 2.23. The molecule has 2 rings (SSSR count). The average molecular weight is 194 g/mol. The fourth-order valence-corrected chi connectivity index (χ4v) is 1.12. The first-order valence-corrected chi connectivity index (χ1v) is 4.13. The summed E-state index contributed by atoms with van der Waals surface area (Å²) in [4.78, 5) is 1.50. The summed E-state index contributed by atoms with van der Waals surface area (Å²) in [6, 6.07) is 0. The lowest BCUT2D eigenvalue weighted by Gasteiger charge is -2.22. The lowest BCUT2D eigenvalue weighted by atomic mass is 10.1. The van der Waals surface area contributed by atoms with Gasteiger partial charge in [-0.15, -0.1) is 15.3 Å². The first-order valence-electron chi connectivity index (χ1n) is 4.13. The third-order valence-corrected chi connectivity index (χ3v) is 1.89. The standard InChI is InChI=1S/C6H10N8/c1-6(2,13-5-8-10-12-13)3-14-9-4-7-11-14/h4-5H,3H2,1-2H3. The molecule has 0 bridgehead atoms. The SMILES string of the molecule is CC(C)(Cn1ncnn1)n1cnnn1. The highest BCUT2D eigenvalue weighted by molar-refractivity contribution is 4.73. The summed E-state index contributed by atoms with van der Waals surface area (Å²) in [7, 11) is 0. The summed E-state index contributed by atoms with van der Waals surface area (Å²) in [6.45, 7) is 4.55. The Bertz CT molecular complexity index is 374. The minimum atomic E-state index is -0.274. The van der Waals surface area contributed by atoms with E-state index in [1.807, 2.05) is 13.8 Å². The van der Waals surface area contributed by atoms with Crippen molar-refractivity contribution >= 4 is 0 Å². The van der Waals surface area contributed by atoms with Gasteiger partial charge in [-0.1, -0.05) is 0 Å². The predicted octanol–water partition coefficient (Wildman–Crippen LogP) is -0.905. The number of aromatic nitrogens is 8. The molecule has 14 heavy (non-hydrogen) atoms. The average Bonchev–Trinajstić information content (AvgIpc) is 2.71. The van der Waals surface area contributed by atoms with Gasteiger partial charge in [0.15, 0.2) is 6.33 Å². The van der Waals surface area contributed by atoms with Gasteiger partial charge >= 0.3 is 0 Å². The van der Waals surface area contributed by atoms with Crippen LogP contribution in [-0.2, 0) is 12.1 Å². The van der Waals surface area contributed by atoms with E-state index in [2.05, 4.69) is 30.9 Å². The van der Waals surface area contributed by atoms with Crippen molar-refractivity contribution in [3.05, 3.63) is 12.7 Å². The Hall–Kier alpha value is -1.86. The normalized spacial score (nSPS) is 11.9. The van der Waals surface area contributed by atoms with Gasteiger partial charge in [-0.05, 0) is 29.5 Å². The number of rotatable bonds is 3. The van der Waals surface area contributed by atoms with Crippen LogP contribution in [-0.4, -0.2) is 40.4 Å². The van der Waals surface area contributed by atoms with E-state index in [0.717, 1.165) is 0 Å². The van der Waals surface area contributed by atoms with E-state index >= 15 is 0 Å². The van der Waals surface area contributed by atoms with E-state index in [1.54, 1.807) is 11.0 Å². The molecule has 0 N–H and O–H groups in total. The van der Waals surface area contributed by atoms with Gasteiger partial charge in [-0.3, -0.25) is 0 Å². The van der Waals surface area contributed by atoms with Crippen molar-refractivity contribution in [2.24, 2.45) is 0 Å². The van der Waals surface area contributed by atoms with Crippen molar-refractivity contribution in [1.82, 2.24) is 40.4 Å². The minimum Gasteiger partial charge on any atom is -0.225 e. The molecule has 0 unspecified atom stereocenters. The molecule has 0 radical (unpaired) electrons. The summed E-state index contributed by atoms with van der Waals surface area (Å²) >= 11 is 0. The van der Waals surface area contributed by atoms with Crippen LogP contribution >= 0.6 is 0 Å². The molecule has 0 aliphatic carbocycles. The Balaban J connectivity index is 2.17. The van der Waals surface area contributed by atoms with Gasteiger partial charge in [0.05, 0.1) is 12.1 Å². The van der Waals surface area contributed by atoms with Crippen LogP contribution in [0.3, 0.4) is 0 Å². The molecule has 0 fully saturated rings. The summed E-state index contributed by atoms with van der Waals surface area (Å²) in [5.41, 5.74) is -0.274. The van der Waals surface area contributed by atoms with Gasteiger partial charge in [0.2, 0.25) is 0 Å². The molecule has 2 aromatic rings. The first kappa shape index (κ1) is 8.73. The van der Waals surface area contributed by atoms with Gasteiger partial charge in [0, 0.05) is 0 Å². The van der Waals surface area contributed by atoms with E-state index in [4.69, 9.17) is 0 Å². The molecule has 0 amide bonds. The molecule has 0 spiro atoms. The lowest BCUT2D eigenvalue weighted by molar-refractivity contribution is 0.240. The third-order valence-electron chi connectivity index (χ3n) is 1.89. The Morgan fingerprint density at radius 3 is 2.64 bits per heavy atom. The molecule has 8 nitrogen and oxygen atoms in total. The maximum Gasteiger partial charge on any atom is 0.162 e. The van der Waals surface area contributed by atoms with Crippen LogP contribution in [0.25, 0.3) is 0 Å². The molecular formula is C6H10N8. The monoisotopic (exact) mass is 194 g/mol. The van der Waals surface area contributed by atoms with Gasteiger partial charge in [0.25, 0.3) is 0 Å². The van der Waals surface area contributed by atoms with Crippen molar-refractivity contribution in [1.29, 1.82) is 0 Å². The maximum atomic E-state index is 3.92. The Labute approximate surface area is 79.9 Å². The van der Waals surface area contributed by atoms with Crippen LogP contribution in [0.1, 0.15) is 13.8 Å². The number of hydrogen-bond donors (Lipinski definition) is 0. The molecule has 0 saturated carbocycles. The number of hydrogen-bond acceptors (Lipinski definition) is 6. The van der Waals surface area contributed by atoms with Crippen LogP contribution in [0.5, 0.6) is 0 Å². The van der Waals surface area contributed by atoms with Crippen LogP contribution < -0.4 is 0 Å². The van der Waals surface area contributed by atoms with E-state index in [9.17, 15) is 0 Å². The highest BCUT2D eigenvalue weighted by atomic mass is 15.6. The van der Waals surface area contributed by atoms with Gasteiger partial charge in [-0.2, -0.15) is 4.80 Å². The molecule has 0 aliphatic heterocycles. The van der Waals surface area contributed by atoms with Crippen molar-refractivity contribution in [2.45, 2.75) is 25.9 Å². The van der Waals surface area contributed by atoms with Crippen LogP contribution in [0.4, 0.5) is 0 Å². The zero-order valence-corrected chi connectivity index (χ0v) is 7.94. The summed E-state index contributed by atoms with van der Waals surface area (Å²) in [5.74, 6) is 0. The molecule has 8 heteroatoms. The number of tetrazole rings is 2. The molecule has 0 aliphatic rings. The van der Waals surface area contributed by atoms with Crippen LogP contribution in [0.2, 0.25) is 0 Å². The largest absolute Gasteiger partial charge is 0.225 e. The van der Waals surface area contributed by atoms with Gasteiger partial charge in [-0.25, -0.2) is 4.68 Å². The maximum absolute atomic E-state index is 3.92. The molecule has 0 atom stereocenters. The topological polar surface area (TPSA) is 87.2 Å². The Morgan fingerprint density at radius 1 is 1.21 bits per heavy atom. The van der Waals surface area contributed by atoms with E-state index in [-0.39, 0.29) is 5.54 Å². The summed E-state index contributed by atoms with van der Waals surface area (Å²) in [6.07, 6.45) is 2.96. The van der Waals surface area contributed by atoms with Crippen molar-refractivity contribution < 1.29 is 0 Å². The van der Waals surface area contributed by atoms with Gasteiger partial charge < -0.3 is 0 Å². The minimum absolute atomic E-state index is 0.274. The van der Waals surface area contributed by atoms with Crippen molar-refractivity contribution in [2.75, 3.05) is 0 Å². The van der Waals surface area contributed by atoms with E-state index in [1.165, 1.54) is 11.1 Å². The third kappa shape index (κ3) is 1.58. The van der Waals surface area contributed by atoms with Gasteiger partial charge in [0.1, 0.15) is 6.33 Å². The second-order valence-corrected chi connectivity index (χ2v) is 3.53. The molecular weight excluding hydrogens is 184 g/mol. The van der Waals surface area contributed by atoms with Crippen molar-refractivity contribution in [3.8, 4) is 0 Å². The second-order valence-electron chi connectivity index (χ2n) is 3.53. The molecule has 74 valence electrons. The summed E-state index contributed by atoms with van der Waals surface area (Å²) in [5, 5.41) is 22.3. The van der Waals surface area contributed by atoms with Crippen molar-refractivity contribution in [3.63, 3.8) is 0 Å². The quantitative estimate of drug-likeness (QED) is 0.629. The fraction of sp³-hybridized carbons (Fsp3) is 0.667. The fourth-order valence-electron chi connectivity index (χ4n) is 1.12. The summed E-state index contributed by atoms with van der Waals surface area (Å²) < 4.78 is 1.66. The Kier molecular flexibility index (Phi) is 1.95. The number of nitrogens with zero attached hydrogens (tertiary/aromatic N) is 8. The second kappa shape index (κ2) is 3.13. The predicted molar refractivity (Wildman–Crippen MR) is 45.0 cm³/mol. The highest BCUT2D eigenvalue weighted by Crippen LogP contribution is 2.13. The smallest absolute Gasteiger partial charge is 0.162 e. The molecule has 0 saturated heterocycles. The Morgan fingerprint density at radius 2 is 2.07 bits per heavy atom. The van der Waals surface area contributed by atoms with E-state index < -0.39 is 0 Å². The molecule has 2 aromatic heterocycles. The molecule has 0 aromatic carbocycles.